The molecule has 0 fully saturated rings. The lowest BCUT2D eigenvalue weighted by Crippen LogP contribution is -1.99. The third-order valence-corrected chi connectivity index (χ3v) is 4.19. The highest BCUT2D eigenvalue weighted by atomic mass is 35.5. The molecule has 0 aliphatic heterocycles. The van der Waals surface area contributed by atoms with Crippen LogP contribution in [0.5, 0.6) is 0 Å². The van der Waals surface area contributed by atoms with Gasteiger partial charge in [0.25, 0.3) is 0 Å². The van der Waals surface area contributed by atoms with Crippen molar-refractivity contribution in [2.45, 2.75) is 0 Å². The predicted molar refractivity (Wildman–Crippen MR) is 86.8 cm³/mol. The van der Waals surface area contributed by atoms with Gasteiger partial charge in [0, 0.05) is 10.6 Å². The van der Waals surface area contributed by atoms with Gasteiger partial charge in [-0.25, -0.2) is 4.68 Å². The minimum absolute atomic E-state index is 0.442. The van der Waals surface area contributed by atoms with E-state index in [1.807, 2.05) is 6.07 Å². The molecule has 7 heteroatoms. The summed E-state index contributed by atoms with van der Waals surface area (Å²) in [5, 5.41) is 10.0. The van der Waals surface area contributed by atoms with E-state index in [0.29, 0.717) is 20.1 Å². The number of rotatable bonds is 2. The van der Waals surface area contributed by atoms with Crippen molar-refractivity contribution in [2.24, 2.45) is 0 Å². The van der Waals surface area contributed by atoms with Crippen molar-refractivity contribution in [3.8, 4) is 16.9 Å². The van der Waals surface area contributed by atoms with Gasteiger partial charge in [-0.05, 0) is 36.4 Å². The molecule has 0 saturated heterocycles. The Labute approximate surface area is 141 Å². The summed E-state index contributed by atoms with van der Waals surface area (Å²) in [5.41, 5.74) is 2.25. The molecule has 0 spiro atoms. The number of nitrogens with zero attached hydrogens (tertiary/aromatic N) is 3. The van der Waals surface area contributed by atoms with E-state index in [2.05, 4.69) is 10.3 Å². The molecule has 0 amide bonds. The lowest BCUT2D eigenvalue weighted by Gasteiger charge is -2.09. The molecule has 2 aromatic carbocycles. The molecule has 21 heavy (non-hydrogen) atoms. The fourth-order valence-corrected chi connectivity index (χ4v) is 2.72. The van der Waals surface area contributed by atoms with Crippen LogP contribution >= 0.6 is 46.4 Å². The summed E-state index contributed by atoms with van der Waals surface area (Å²) in [6.45, 7) is 0. The largest absolute Gasteiger partial charge is 0.213 e. The molecule has 0 aliphatic carbocycles. The van der Waals surface area contributed by atoms with Crippen molar-refractivity contribution in [3.05, 3.63) is 62.7 Å². The average Bonchev–Trinajstić information content (AvgIpc) is 2.91. The van der Waals surface area contributed by atoms with Crippen LogP contribution < -0.4 is 0 Å². The topological polar surface area (TPSA) is 30.7 Å². The van der Waals surface area contributed by atoms with E-state index in [9.17, 15) is 0 Å². The lowest BCUT2D eigenvalue weighted by molar-refractivity contribution is 0.808. The first-order valence-electron chi connectivity index (χ1n) is 5.88. The van der Waals surface area contributed by atoms with Gasteiger partial charge in [-0.3, -0.25) is 0 Å². The van der Waals surface area contributed by atoms with E-state index in [1.54, 1.807) is 41.2 Å². The molecule has 3 nitrogen and oxygen atoms in total. The Hall–Kier alpha value is -1.26. The van der Waals surface area contributed by atoms with Crippen LogP contribution in [-0.4, -0.2) is 15.0 Å². The zero-order valence-electron chi connectivity index (χ0n) is 10.4. The number of hydrogen-bond acceptors (Lipinski definition) is 2. The first-order valence-corrected chi connectivity index (χ1v) is 7.39. The highest BCUT2D eigenvalue weighted by Crippen LogP contribution is 2.32. The van der Waals surface area contributed by atoms with Crippen LogP contribution in [0.3, 0.4) is 0 Å². The molecular weight excluding hydrogens is 352 g/mol. The van der Waals surface area contributed by atoms with Crippen LogP contribution in [0.2, 0.25) is 20.1 Å². The second kappa shape index (κ2) is 5.85. The Balaban J connectivity index is 2.14. The maximum Gasteiger partial charge on any atom is 0.0959 e. The van der Waals surface area contributed by atoms with Gasteiger partial charge in [0.1, 0.15) is 0 Å². The summed E-state index contributed by atoms with van der Waals surface area (Å²) >= 11 is 24.1. The summed E-state index contributed by atoms with van der Waals surface area (Å²) in [6.07, 6.45) is 1.62. The predicted octanol–water partition coefficient (Wildman–Crippen LogP) is 5.55. The maximum absolute atomic E-state index is 6.24. The Bertz CT molecular complexity index is 814. The molecule has 0 radical (unpaired) electrons. The molecule has 0 saturated carbocycles. The minimum atomic E-state index is 0.442. The van der Waals surface area contributed by atoms with Gasteiger partial charge in [-0.2, -0.15) is 0 Å². The summed E-state index contributed by atoms with van der Waals surface area (Å²) in [4.78, 5) is 0. The monoisotopic (exact) mass is 357 g/mol. The third-order valence-electron chi connectivity index (χ3n) is 2.90. The summed E-state index contributed by atoms with van der Waals surface area (Å²) in [7, 11) is 0. The Morgan fingerprint density at radius 2 is 1.62 bits per heavy atom. The zero-order chi connectivity index (χ0) is 15.0. The number of hydrogen-bond donors (Lipinski definition) is 0. The van der Waals surface area contributed by atoms with Crippen LogP contribution in [0, 0.1) is 0 Å². The van der Waals surface area contributed by atoms with Crippen molar-refractivity contribution >= 4 is 46.4 Å². The molecule has 0 aliphatic rings. The van der Waals surface area contributed by atoms with Crippen LogP contribution in [0.15, 0.2) is 42.6 Å². The summed E-state index contributed by atoms with van der Waals surface area (Å²) < 4.78 is 1.64. The fraction of sp³-hybridized carbons (Fsp3) is 0. The first-order chi connectivity index (χ1) is 10.1. The molecule has 0 N–H and O–H groups in total. The van der Waals surface area contributed by atoms with Crippen molar-refractivity contribution in [3.63, 3.8) is 0 Å². The number of halogens is 4. The molecule has 106 valence electrons. The van der Waals surface area contributed by atoms with Crippen molar-refractivity contribution in [2.75, 3.05) is 0 Å². The highest BCUT2D eigenvalue weighted by molar-refractivity contribution is 6.42. The quantitative estimate of drug-likeness (QED) is 0.601. The molecular formula is C14H7Cl4N3. The van der Waals surface area contributed by atoms with Gasteiger partial charge in [-0.1, -0.05) is 51.6 Å². The molecule has 1 aromatic heterocycles. The highest BCUT2D eigenvalue weighted by Gasteiger charge is 2.13. The first kappa shape index (κ1) is 14.7. The number of aromatic nitrogens is 3. The summed E-state index contributed by atoms with van der Waals surface area (Å²) in [6, 6.07) is 10.5. The molecule has 0 unspecified atom stereocenters. The molecule has 3 rings (SSSR count). The fourth-order valence-electron chi connectivity index (χ4n) is 1.92. The molecule has 1 heterocycles. The average molecular weight is 359 g/mol. The van der Waals surface area contributed by atoms with E-state index >= 15 is 0 Å². The van der Waals surface area contributed by atoms with Crippen LogP contribution in [0.25, 0.3) is 16.9 Å². The van der Waals surface area contributed by atoms with Crippen LogP contribution in [-0.2, 0) is 0 Å². The SMILES string of the molecule is Clc1ccc(-c2cnnn2-c2ccc(Cl)c(Cl)c2)c(Cl)c1. The van der Waals surface area contributed by atoms with Crippen LogP contribution in [0.4, 0.5) is 0 Å². The van der Waals surface area contributed by atoms with E-state index in [-0.39, 0.29) is 0 Å². The van der Waals surface area contributed by atoms with Gasteiger partial charge in [-0.15, -0.1) is 5.10 Å². The maximum atomic E-state index is 6.24. The minimum Gasteiger partial charge on any atom is -0.213 e. The van der Waals surface area contributed by atoms with Gasteiger partial charge < -0.3 is 0 Å². The number of benzene rings is 2. The van der Waals surface area contributed by atoms with Crippen molar-refractivity contribution in [1.29, 1.82) is 0 Å². The van der Waals surface area contributed by atoms with E-state index < -0.39 is 0 Å². The lowest BCUT2D eigenvalue weighted by atomic mass is 10.1. The molecule has 0 bridgehead atoms. The smallest absolute Gasteiger partial charge is 0.0959 e. The zero-order valence-corrected chi connectivity index (χ0v) is 13.4. The van der Waals surface area contributed by atoms with Crippen LogP contribution in [0.1, 0.15) is 0 Å². The van der Waals surface area contributed by atoms with Gasteiger partial charge >= 0.3 is 0 Å². The van der Waals surface area contributed by atoms with Gasteiger partial charge in [0.2, 0.25) is 0 Å². The second-order valence-electron chi connectivity index (χ2n) is 4.25. The Kier molecular flexibility index (Phi) is 4.09. The van der Waals surface area contributed by atoms with Gasteiger partial charge in [0.15, 0.2) is 0 Å². The molecule has 0 atom stereocenters. The van der Waals surface area contributed by atoms with E-state index in [4.69, 9.17) is 46.4 Å². The van der Waals surface area contributed by atoms with E-state index in [0.717, 1.165) is 16.9 Å². The summed E-state index contributed by atoms with van der Waals surface area (Å²) in [5.74, 6) is 0. The molecule has 3 aromatic rings. The van der Waals surface area contributed by atoms with Crippen molar-refractivity contribution < 1.29 is 0 Å². The normalized spacial score (nSPS) is 10.9. The van der Waals surface area contributed by atoms with Gasteiger partial charge in [0.05, 0.1) is 32.6 Å². The Morgan fingerprint density at radius 3 is 2.33 bits per heavy atom. The Morgan fingerprint density at radius 1 is 0.810 bits per heavy atom. The second-order valence-corrected chi connectivity index (χ2v) is 5.91. The third kappa shape index (κ3) is 2.87. The standard InChI is InChI=1S/C14H7Cl4N3/c15-8-1-3-10(12(17)5-8)14-7-19-20-21(14)9-2-4-11(16)13(18)6-9/h1-7H. The van der Waals surface area contributed by atoms with Crippen molar-refractivity contribution in [1.82, 2.24) is 15.0 Å². The van der Waals surface area contributed by atoms with E-state index in [1.165, 1.54) is 0 Å².